The highest BCUT2D eigenvalue weighted by Crippen LogP contribution is 2.41. The number of fused-ring (bicyclic) bond motifs is 1. The van der Waals surface area contributed by atoms with E-state index < -0.39 is 22.2 Å². The summed E-state index contributed by atoms with van der Waals surface area (Å²) in [5, 5.41) is 7.12. The number of carbonyl (C=O) groups is 1. The number of nitrogens with one attached hydrogen (secondary N) is 1. The second-order valence-electron chi connectivity index (χ2n) is 7.44. The summed E-state index contributed by atoms with van der Waals surface area (Å²) in [6.07, 6.45) is -3.37. The Balaban J connectivity index is 0.000000423. The van der Waals surface area contributed by atoms with Crippen LogP contribution in [-0.2, 0) is 26.1 Å². The Morgan fingerprint density at radius 1 is 1.48 bits per heavy atom. The lowest BCUT2D eigenvalue weighted by atomic mass is 9.81. The largest absolute Gasteiger partial charge is 0.490 e. The molecular formula is C18H26F3N3O6S. The average Bonchev–Trinajstić information content (AvgIpc) is 3.23. The monoisotopic (exact) mass is 469 g/mol. The van der Waals surface area contributed by atoms with E-state index in [0.717, 1.165) is 25.2 Å². The SMILES string of the molecule is CCS(=O)(=O)NC[C@]12COC[C@H]1CN(Cc1cccnc1OC)C2.O=C(O)C(F)(F)F. The van der Waals surface area contributed by atoms with Gasteiger partial charge in [-0.15, -0.1) is 0 Å². The summed E-state index contributed by atoms with van der Waals surface area (Å²) in [4.78, 5) is 15.5. The van der Waals surface area contributed by atoms with Gasteiger partial charge in [0.05, 0.1) is 26.1 Å². The van der Waals surface area contributed by atoms with Gasteiger partial charge in [0, 0.05) is 49.3 Å². The van der Waals surface area contributed by atoms with E-state index in [2.05, 4.69) is 14.6 Å². The number of carboxylic acids is 1. The fourth-order valence-electron chi connectivity index (χ4n) is 3.64. The first-order valence-corrected chi connectivity index (χ1v) is 11.1. The lowest BCUT2D eigenvalue weighted by Gasteiger charge is -2.27. The highest BCUT2D eigenvalue weighted by Gasteiger charge is 2.50. The molecule has 13 heteroatoms. The molecule has 9 nitrogen and oxygen atoms in total. The van der Waals surface area contributed by atoms with Gasteiger partial charge in [-0.3, -0.25) is 4.90 Å². The van der Waals surface area contributed by atoms with Crippen LogP contribution in [0.3, 0.4) is 0 Å². The van der Waals surface area contributed by atoms with Gasteiger partial charge in [0.2, 0.25) is 15.9 Å². The van der Waals surface area contributed by atoms with Crippen molar-refractivity contribution in [2.45, 2.75) is 19.6 Å². The number of hydrogen-bond donors (Lipinski definition) is 2. The van der Waals surface area contributed by atoms with E-state index in [1.54, 1.807) is 20.2 Å². The first-order valence-electron chi connectivity index (χ1n) is 9.48. The molecule has 31 heavy (non-hydrogen) atoms. The lowest BCUT2D eigenvalue weighted by Crippen LogP contribution is -2.43. The maximum atomic E-state index is 11.8. The molecule has 0 aromatic carbocycles. The summed E-state index contributed by atoms with van der Waals surface area (Å²) in [6.45, 7) is 5.83. The van der Waals surface area contributed by atoms with E-state index >= 15 is 0 Å². The van der Waals surface area contributed by atoms with Crippen molar-refractivity contribution in [3.63, 3.8) is 0 Å². The minimum atomic E-state index is -5.08. The first-order chi connectivity index (χ1) is 14.4. The van der Waals surface area contributed by atoms with Crippen LogP contribution in [0, 0.1) is 11.3 Å². The third-order valence-corrected chi connectivity index (χ3v) is 6.64. The molecule has 176 valence electrons. The Kier molecular flexibility index (Phi) is 8.25. The van der Waals surface area contributed by atoms with Gasteiger partial charge in [0.15, 0.2) is 0 Å². The molecule has 2 N–H and O–H groups in total. The van der Waals surface area contributed by atoms with Crippen LogP contribution >= 0.6 is 0 Å². The molecule has 3 rings (SSSR count). The molecule has 0 radical (unpaired) electrons. The van der Waals surface area contributed by atoms with Crippen molar-refractivity contribution in [1.29, 1.82) is 0 Å². The topological polar surface area (TPSA) is 118 Å². The molecule has 3 heterocycles. The molecular weight excluding hydrogens is 443 g/mol. The standard InChI is InChI=1S/C16H25N3O4S.C2HF3O2/c1-3-24(20,21)18-10-16-11-19(8-14(16)9-23-12-16)7-13-5-4-6-17-15(13)22-2;3-2(4,5)1(6)7/h4-6,14,18H,3,7-12H2,1-2H3;(H,6,7)/t14-,16+;/m1./s1. The predicted molar refractivity (Wildman–Crippen MR) is 104 cm³/mol. The van der Waals surface area contributed by atoms with Crippen LogP contribution in [-0.4, -0.2) is 81.3 Å². The molecule has 0 saturated carbocycles. The highest BCUT2D eigenvalue weighted by molar-refractivity contribution is 7.89. The maximum Gasteiger partial charge on any atom is 0.490 e. The summed E-state index contributed by atoms with van der Waals surface area (Å²) in [5.74, 6) is -1.66. The second kappa shape index (κ2) is 10.1. The van der Waals surface area contributed by atoms with Crippen molar-refractivity contribution in [3.05, 3.63) is 23.9 Å². The van der Waals surface area contributed by atoms with Gasteiger partial charge in [-0.2, -0.15) is 13.2 Å². The summed E-state index contributed by atoms with van der Waals surface area (Å²) in [5.41, 5.74) is 0.905. The molecule has 2 aliphatic heterocycles. The molecule has 0 amide bonds. The number of aliphatic carboxylic acids is 1. The molecule has 2 aliphatic rings. The Morgan fingerprint density at radius 2 is 2.16 bits per heavy atom. The van der Waals surface area contributed by atoms with Gasteiger partial charge in [0.25, 0.3) is 0 Å². The number of ether oxygens (including phenoxy) is 2. The van der Waals surface area contributed by atoms with Crippen LogP contribution < -0.4 is 9.46 Å². The molecule has 1 aromatic rings. The van der Waals surface area contributed by atoms with Gasteiger partial charge in [-0.05, 0) is 13.0 Å². The van der Waals surface area contributed by atoms with E-state index in [0.29, 0.717) is 31.6 Å². The number of methoxy groups -OCH3 is 1. The summed E-state index contributed by atoms with van der Waals surface area (Å²) >= 11 is 0. The molecule has 0 spiro atoms. The fourth-order valence-corrected chi connectivity index (χ4v) is 4.35. The van der Waals surface area contributed by atoms with Gasteiger partial charge in [-0.1, -0.05) is 6.07 Å². The van der Waals surface area contributed by atoms with Gasteiger partial charge >= 0.3 is 12.1 Å². The van der Waals surface area contributed by atoms with E-state index in [4.69, 9.17) is 19.4 Å². The summed E-state index contributed by atoms with van der Waals surface area (Å²) in [6, 6.07) is 3.92. The number of pyridine rings is 1. The van der Waals surface area contributed by atoms with Gasteiger partial charge in [-0.25, -0.2) is 22.9 Å². The van der Waals surface area contributed by atoms with Crippen LogP contribution in [0.5, 0.6) is 5.88 Å². The number of carboxylic acid groups (broad SMARTS) is 1. The van der Waals surface area contributed by atoms with Crippen LogP contribution in [0.4, 0.5) is 13.2 Å². The van der Waals surface area contributed by atoms with Gasteiger partial charge < -0.3 is 14.6 Å². The number of rotatable bonds is 7. The zero-order valence-electron chi connectivity index (χ0n) is 17.2. The van der Waals surface area contributed by atoms with Crippen molar-refractivity contribution in [3.8, 4) is 5.88 Å². The number of aromatic nitrogens is 1. The lowest BCUT2D eigenvalue weighted by molar-refractivity contribution is -0.192. The normalized spacial score (nSPS) is 23.7. The third kappa shape index (κ3) is 6.76. The second-order valence-corrected chi connectivity index (χ2v) is 9.54. The molecule has 2 atom stereocenters. The van der Waals surface area contributed by atoms with Crippen molar-refractivity contribution in [2.24, 2.45) is 11.3 Å². The van der Waals surface area contributed by atoms with Crippen molar-refractivity contribution in [1.82, 2.24) is 14.6 Å². The van der Waals surface area contributed by atoms with Crippen LogP contribution in [0.2, 0.25) is 0 Å². The average molecular weight is 469 g/mol. The minimum absolute atomic E-state index is 0.102. The van der Waals surface area contributed by atoms with Crippen LogP contribution in [0.1, 0.15) is 12.5 Å². The quantitative estimate of drug-likeness (QED) is 0.610. The van der Waals surface area contributed by atoms with Crippen molar-refractivity contribution >= 4 is 16.0 Å². The Morgan fingerprint density at radius 3 is 2.74 bits per heavy atom. The van der Waals surface area contributed by atoms with E-state index in [1.165, 1.54) is 0 Å². The molecule has 0 aliphatic carbocycles. The molecule has 0 unspecified atom stereocenters. The molecule has 0 bridgehead atoms. The number of halogens is 3. The van der Waals surface area contributed by atoms with Crippen LogP contribution in [0.25, 0.3) is 0 Å². The number of alkyl halides is 3. The van der Waals surface area contributed by atoms with E-state index in [1.807, 2.05) is 12.1 Å². The summed E-state index contributed by atoms with van der Waals surface area (Å²) < 4.78 is 69.1. The first kappa shape index (κ1) is 25.3. The van der Waals surface area contributed by atoms with E-state index in [9.17, 15) is 21.6 Å². The molecule has 2 fully saturated rings. The molecule has 1 aromatic heterocycles. The van der Waals surface area contributed by atoms with Crippen molar-refractivity contribution < 1.29 is 41.0 Å². The number of nitrogens with zero attached hydrogens (tertiary/aromatic N) is 2. The highest BCUT2D eigenvalue weighted by atomic mass is 32.2. The Bertz CT molecular complexity index is 867. The Hall–Kier alpha value is -1.96. The molecule has 2 saturated heterocycles. The van der Waals surface area contributed by atoms with E-state index in [-0.39, 0.29) is 11.2 Å². The minimum Gasteiger partial charge on any atom is -0.481 e. The zero-order chi connectivity index (χ0) is 23.3. The zero-order valence-corrected chi connectivity index (χ0v) is 18.0. The smallest absolute Gasteiger partial charge is 0.481 e. The van der Waals surface area contributed by atoms with Crippen LogP contribution in [0.15, 0.2) is 18.3 Å². The number of likely N-dealkylation sites (tertiary alicyclic amines) is 1. The number of hydrogen-bond acceptors (Lipinski definition) is 7. The summed E-state index contributed by atoms with van der Waals surface area (Å²) in [7, 11) is -1.57. The maximum absolute atomic E-state index is 11.8. The Labute approximate surface area is 178 Å². The fraction of sp³-hybridized carbons (Fsp3) is 0.667. The number of sulfonamides is 1. The van der Waals surface area contributed by atoms with Gasteiger partial charge in [0.1, 0.15) is 0 Å². The third-order valence-electron chi connectivity index (χ3n) is 5.30. The van der Waals surface area contributed by atoms with Crippen molar-refractivity contribution in [2.75, 3.05) is 45.7 Å². The predicted octanol–water partition coefficient (Wildman–Crippen LogP) is 1.11.